The number of hydrogen-bond acceptors (Lipinski definition) is 4. The lowest BCUT2D eigenvalue weighted by molar-refractivity contribution is 0.0884. The molecule has 0 radical (unpaired) electrons. The smallest absolute Gasteiger partial charge is 0.273 e. The molecule has 6 nitrogen and oxygen atoms in total. The maximum absolute atomic E-state index is 13.7. The molecule has 2 aromatic rings. The molecule has 128 valence electrons. The van der Waals surface area contributed by atoms with Crippen LogP contribution >= 0.6 is 0 Å². The third-order valence-electron chi connectivity index (χ3n) is 4.01. The fraction of sp³-hybridized carbons (Fsp3) is 0.438. The molecule has 1 aliphatic carbocycles. The molecule has 0 aliphatic heterocycles. The van der Waals surface area contributed by atoms with Gasteiger partial charge in [0, 0.05) is 12.6 Å². The van der Waals surface area contributed by atoms with E-state index in [0.29, 0.717) is 11.8 Å². The van der Waals surface area contributed by atoms with E-state index in [0.717, 1.165) is 32.0 Å². The Labute approximate surface area is 137 Å². The Morgan fingerprint density at radius 1 is 1.42 bits per heavy atom. The van der Waals surface area contributed by atoms with Gasteiger partial charge in [-0.05, 0) is 26.2 Å². The first kappa shape index (κ1) is 16.4. The number of nitrogens with zero attached hydrogens (tertiary/aromatic N) is 3. The largest absolute Gasteiger partial charge is 0.485 e. The fourth-order valence-electron chi connectivity index (χ4n) is 2.80. The van der Waals surface area contributed by atoms with E-state index in [1.54, 1.807) is 17.1 Å². The molecule has 1 fully saturated rings. The monoisotopic (exact) mass is 336 g/mol. The first-order chi connectivity index (χ1) is 11.6. The fourth-order valence-corrected chi connectivity index (χ4v) is 2.80. The van der Waals surface area contributed by atoms with Crippen LogP contribution in [0.5, 0.6) is 5.75 Å². The van der Waals surface area contributed by atoms with E-state index >= 15 is 0 Å². The summed E-state index contributed by atoms with van der Waals surface area (Å²) < 4.78 is 34.2. The summed E-state index contributed by atoms with van der Waals surface area (Å²) in [5.74, 6) is -1.84. The van der Waals surface area contributed by atoms with Crippen LogP contribution in [0.15, 0.2) is 24.7 Å². The van der Waals surface area contributed by atoms with Crippen LogP contribution in [0.2, 0.25) is 0 Å². The van der Waals surface area contributed by atoms with E-state index in [9.17, 15) is 13.6 Å². The van der Waals surface area contributed by atoms with Crippen LogP contribution in [-0.4, -0.2) is 32.8 Å². The van der Waals surface area contributed by atoms with Crippen LogP contribution in [0, 0.1) is 11.6 Å². The minimum atomic E-state index is -0.979. The van der Waals surface area contributed by atoms with Crippen LogP contribution in [0.1, 0.15) is 36.7 Å². The van der Waals surface area contributed by atoms with Crippen molar-refractivity contribution in [1.29, 1.82) is 0 Å². The van der Waals surface area contributed by atoms with Crippen molar-refractivity contribution in [2.75, 3.05) is 0 Å². The number of nitrogens with one attached hydrogen (secondary N) is 1. The second-order valence-corrected chi connectivity index (χ2v) is 5.68. The average Bonchev–Trinajstić information content (AvgIpc) is 3.17. The third-order valence-corrected chi connectivity index (χ3v) is 4.01. The van der Waals surface area contributed by atoms with Gasteiger partial charge in [0.2, 0.25) is 0 Å². The van der Waals surface area contributed by atoms with Crippen LogP contribution < -0.4 is 10.1 Å². The molecule has 2 atom stereocenters. The Hall–Kier alpha value is -2.51. The van der Waals surface area contributed by atoms with Gasteiger partial charge in [0.25, 0.3) is 5.91 Å². The minimum absolute atomic E-state index is 0.216. The molecular formula is C16H18F2N4O2. The predicted molar refractivity (Wildman–Crippen MR) is 81.6 cm³/mol. The summed E-state index contributed by atoms with van der Waals surface area (Å²) in [5.41, 5.74) is -0.416. The summed E-state index contributed by atoms with van der Waals surface area (Å²) >= 11 is 0. The Balaban J connectivity index is 1.65. The molecule has 0 unspecified atom stereocenters. The highest BCUT2D eigenvalue weighted by molar-refractivity contribution is 5.92. The summed E-state index contributed by atoms with van der Waals surface area (Å²) in [6.07, 6.45) is 6.41. The standard InChI is InChI=1S/C16H18F2N4O2/c1-2-22-9-11(8-20-22)24-14-5-3-4-13(14)21-16(23)15-12(18)6-10(17)7-19-15/h6-9,13-14H,2-5H2,1H3,(H,21,23)/t13-,14+/m0/s1. The second kappa shape index (κ2) is 6.94. The van der Waals surface area contributed by atoms with E-state index in [-0.39, 0.29) is 12.1 Å². The molecule has 3 rings (SSSR count). The molecule has 0 spiro atoms. The number of carbonyl (C=O) groups is 1. The van der Waals surface area contributed by atoms with E-state index < -0.39 is 23.2 Å². The number of amides is 1. The number of halogens is 2. The number of pyridine rings is 1. The lowest BCUT2D eigenvalue weighted by atomic mass is 10.2. The van der Waals surface area contributed by atoms with Crippen LogP contribution in [0.4, 0.5) is 8.78 Å². The zero-order valence-electron chi connectivity index (χ0n) is 13.2. The van der Waals surface area contributed by atoms with Crippen molar-refractivity contribution in [3.8, 4) is 5.75 Å². The van der Waals surface area contributed by atoms with Crippen molar-refractivity contribution in [2.45, 2.75) is 44.9 Å². The second-order valence-electron chi connectivity index (χ2n) is 5.68. The normalized spacial score (nSPS) is 20.1. The first-order valence-electron chi connectivity index (χ1n) is 7.88. The van der Waals surface area contributed by atoms with E-state index in [4.69, 9.17) is 4.74 Å². The highest BCUT2D eigenvalue weighted by Gasteiger charge is 2.31. The van der Waals surface area contributed by atoms with E-state index in [1.165, 1.54) is 0 Å². The molecule has 1 saturated carbocycles. The van der Waals surface area contributed by atoms with Gasteiger partial charge in [0.15, 0.2) is 17.3 Å². The van der Waals surface area contributed by atoms with E-state index in [1.807, 2.05) is 6.92 Å². The molecule has 1 N–H and O–H groups in total. The summed E-state index contributed by atoms with van der Waals surface area (Å²) in [6.45, 7) is 2.71. The first-order valence-corrected chi connectivity index (χ1v) is 7.88. The Morgan fingerprint density at radius 3 is 2.96 bits per heavy atom. The van der Waals surface area contributed by atoms with Gasteiger partial charge in [-0.1, -0.05) is 0 Å². The number of hydrogen-bond donors (Lipinski definition) is 1. The van der Waals surface area contributed by atoms with Crippen LogP contribution in [0.25, 0.3) is 0 Å². The Bertz CT molecular complexity index is 735. The molecular weight excluding hydrogens is 318 g/mol. The zero-order chi connectivity index (χ0) is 17.1. The molecule has 1 amide bonds. The summed E-state index contributed by atoms with van der Waals surface area (Å²) in [4.78, 5) is 15.7. The topological polar surface area (TPSA) is 69.0 Å². The summed E-state index contributed by atoms with van der Waals surface area (Å²) in [7, 11) is 0. The molecule has 24 heavy (non-hydrogen) atoms. The number of carbonyl (C=O) groups excluding carboxylic acids is 1. The van der Waals surface area contributed by atoms with Gasteiger partial charge in [-0.2, -0.15) is 5.10 Å². The van der Waals surface area contributed by atoms with Crippen LogP contribution in [0.3, 0.4) is 0 Å². The van der Waals surface area contributed by atoms with Crippen molar-refractivity contribution in [1.82, 2.24) is 20.1 Å². The Kier molecular flexibility index (Phi) is 4.73. The molecule has 2 heterocycles. The SMILES string of the molecule is CCn1cc(O[C@@H]2CCC[C@@H]2NC(=O)c2ncc(F)cc2F)cn1. The zero-order valence-corrected chi connectivity index (χ0v) is 13.2. The van der Waals surface area contributed by atoms with Gasteiger partial charge in [0.1, 0.15) is 11.9 Å². The van der Waals surface area contributed by atoms with Crippen molar-refractivity contribution in [2.24, 2.45) is 0 Å². The molecule has 2 aromatic heterocycles. The highest BCUT2D eigenvalue weighted by atomic mass is 19.1. The van der Waals surface area contributed by atoms with Gasteiger partial charge in [0.05, 0.1) is 24.6 Å². The number of ether oxygens (including phenoxy) is 1. The minimum Gasteiger partial charge on any atom is -0.485 e. The summed E-state index contributed by atoms with van der Waals surface area (Å²) in [6, 6.07) is 0.387. The lowest BCUT2D eigenvalue weighted by Crippen LogP contribution is -2.43. The predicted octanol–water partition coefficient (Wildman–Crippen LogP) is 2.31. The van der Waals surface area contributed by atoms with Crippen molar-refractivity contribution < 1.29 is 18.3 Å². The van der Waals surface area contributed by atoms with Gasteiger partial charge in [-0.3, -0.25) is 9.48 Å². The van der Waals surface area contributed by atoms with Crippen molar-refractivity contribution >= 4 is 5.91 Å². The molecule has 0 aromatic carbocycles. The highest BCUT2D eigenvalue weighted by Crippen LogP contribution is 2.25. The Morgan fingerprint density at radius 2 is 2.25 bits per heavy atom. The van der Waals surface area contributed by atoms with Gasteiger partial charge in [-0.25, -0.2) is 13.8 Å². The molecule has 8 heteroatoms. The maximum Gasteiger partial charge on any atom is 0.273 e. The molecule has 1 aliphatic rings. The third kappa shape index (κ3) is 3.52. The van der Waals surface area contributed by atoms with Gasteiger partial charge in [-0.15, -0.1) is 0 Å². The van der Waals surface area contributed by atoms with Gasteiger partial charge < -0.3 is 10.1 Å². The number of aromatic nitrogens is 3. The van der Waals surface area contributed by atoms with Crippen LogP contribution in [-0.2, 0) is 6.54 Å². The van der Waals surface area contributed by atoms with E-state index in [2.05, 4.69) is 15.4 Å². The summed E-state index contributed by atoms with van der Waals surface area (Å²) in [5, 5.41) is 6.87. The number of rotatable bonds is 5. The lowest BCUT2D eigenvalue weighted by Gasteiger charge is -2.21. The van der Waals surface area contributed by atoms with Crippen molar-refractivity contribution in [3.05, 3.63) is 42.0 Å². The molecule has 0 bridgehead atoms. The van der Waals surface area contributed by atoms with Gasteiger partial charge >= 0.3 is 0 Å². The maximum atomic E-state index is 13.7. The van der Waals surface area contributed by atoms with Crippen molar-refractivity contribution in [3.63, 3.8) is 0 Å². The average molecular weight is 336 g/mol. The number of aryl methyl sites for hydroxylation is 1. The quantitative estimate of drug-likeness (QED) is 0.910. The molecule has 0 saturated heterocycles.